The van der Waals surface area contributed by atoms with E-state index < -0.39 is 36.8 Å². The number of aromatic nitrogens is 1. The summed E-state index contributed by atoms with van der Waals surface area (Å²) in [5.41, 5.74) is -0.930. The molecule has 0 amide bonds. The maximum Gasteiger partial charge on any atom is 0.384 e. The highest BCUT2D eigenvalue weighted by molar-refractivity contribution is 9.10. The molecule has 0 bridgehead atoms. The fraction of sp³-hybridized carbons (Fsp3) is 0.167. The lowest BCUT2D eigenvalue weighted by Gasteiger charge is -2.02. The molecule has 11 heteroatoms. The van der Waals surface area contributed by atoms with Crippen LogP contribution in [0.3, 0.4) is 0 Å². The van der Waals surface area contributed by atoms with Crippen LogP contribution >= 0.6 is 26.6 Å². The van der Waals surface area contributed by atoms with Gasteiger partial charge in [-0.05, 0) is 31.9 Å². The predicted molar refractivity (Wildman–Crippen MR) is 56.6 cm³/mol. The molecule has 0 N–H and O–H groups in total. The van der Waals surface area contributed by atoms with Gasteiger partial charge in [-0.2, -0.15) is 0 Å². The van der Waals surface area contributed by atoms with Crippen LogP contribution in [0.15, 0.2) is 15.4 Å². The van der Waals surface area contributed by atoms with E-state index in [9.17, 15) is 27.3 Å². The molecule has 94 valence electrons. The first-order valence-electron chi connectivity index (χ1n) is 3.72. The van der Waals surface area contributed by atoms with Gasteiger partial charge in [0.25, 0.3) is 9.05 Å². The summed E-state index contributed by atoms with van der Waals surface area (Å²) >= 11 is 2.64. The number of pyridine rings is 1. The van der Waals surface area contributed by atoms with Crippen molar-refractivity contribution < 1.29 is 22.1 Å². The summed E-state index contributed by atoms with van der Waals surface area (Å²) in [5.74, 6) is -1.24. The Bertz CT molecular complexity index is 580. The Morgan fingerprint density at radius 1 is 1.53 bits per heavy atom. The topological polar surface area (TPSA) is 90.2 Å². The molecule has 1 aromatic heterocycles. The lowest BCUT2D eigenvalue weighted by Crippen LogP contribution is -2.05. The molecule has 0 saturated carbocycles. The van der Waals surface area contributed by atoms with Crippen molar-refractivity contribution in [3.8, 4) is 0 Å². The second-order valence-electron chi connectivity index (χ2n) is 2.67. The van der Waals surface area contributed by atoms with Gasteiger partial charge in [0.15, 0.2) is 4.90 Å². The number of hydrogen-bond acceptors (Lipinski definition) is 5. The molecule has 0 fully saturated rings. The fourth-order valence-corrected chi connectivity index (χ4v) is 2.52. The molecule has 1 aromatic rings. The summed E-state index contributed by atoms with van der Waals surface area (Å²) in [6.45, 7) is 0. The second-order valence-corrected chi connectivity index (χ2v) is 6.06. The average Bonchev–Trinajstić information content (AvgIpc) is 2.14. The van der Waals surface area contributed by atoms with Gasteiger partial charge in [-0.3, -0.25) is 0 Å². The number of hydrogen-bond donors (Lipinski definition) is 0. The minimum Gasteiger partial charge on any atom is -0.358 e. The Labute approximate surface area is 106 Å². The molecule has 0 aliphatic carbocycles. The van der Waals surface area contributed by atoms with E-state index in [1.54, 1.807) is 0 Å². The third kappa shape index (κ3) is 3.07. The van der Waals surface area contributed by atoms with Crippen LogP contribution in [0.25, 0.3) is 0 Å². The van der Waals surface area contributed by atoms with Crippen LogP contribution in [0.2, 0.25) is 0 Å². The average molecular weight is 352 g/mol. The molecule has 0 aliphatic rings. The minimum atomic E-state index is -4.45. The molecule has 0 saturated heterocycles. The van der Waals surface area contributed by atoms with Crippen LogP contribution in [0.1, 0.15) is 12.1 Å². The zero-order valence-electron chi connectivity index (χ0n) is 7.60. The summed E-state index contributed by atoms with van der Waals surface area (Å²) in [7, 11) is 0.481. The summed E-state index contributed by atoms with van der Waals surface area (Å²) in [6.07, 6.45) is -3.09. The first kappa shape index (κ1) is 14.2. The number of nitrogens with zero attached hydrogens (tertiary/aromatic N) is 2. The van der Waals surface area contributed by atoms with Gasteiger partial charge in [0, 0.05) is 10.7 Å². The van der Waals surface area contributed by atoms with Crippen molar-refractivity contribution in [2.75, 3.05) is 0 Å². The molecule has 0 atom stereocenters. The van der Waals surface area contributed by atoms with Crippen molar-refractivity contribution in [2.24, 2.45) is 0 Å². The van der Waals surface area contributed by atoms with Gasteiger partial charge < -0.3 is 10.1 Å². The van der Waals surface area contributed by atoms with Crippen molar-refractivity contribution in [3.05, 3.63) is 26.3 Å². The van der Waals surface area contributed by atoms with Crippen molar-refractivity contribution in [1.82, 2.24) is 4.98 Å². The molecular weight excluding hydrogens is 349 g/mol. The van der Waals surface area contributed by atoms with Gasteiger partial charge >= 0.3 is 12.2 Å². The standard InChI is InChI=1S/C6H2BrClF2N2O4S/c7-2-1-3(17(8,15)16)6(12(13)14)11-4(2)5(9)10/h1,5H. The van der Waals surface area contributed by atoms with E-state index in [1.165, 1.54) is 0 Å². The zero-order chi connectivity index (χ0) is 13.4. The van der Waals surface area contributed by atoms with Gasteiger partial charge in [-0.1, -0.05) is 0 Å². The number of nitro groups is 1. The quantitative estimate of drug-likeness (QED) is 0.474. The zero-order valence-corrected chi connectivity index (χ0v) is 10.8. The molecule has 0 aromatic carbocycles. The van der Waals surface area contributed by atoms with E-state index in [4.69, 9.17) is 10.7 Å². The first-order valence-corrected chi connectivity index (χ1v) is 6.82. The van der Waals surface area contributed by atoms with Crippen molar-refractivity contribution >= 4 is 41.5 Å². The summed E-state index contributed by atoms with van der Waals surface area (Å²) in [4.78, 5) is 11.3. The first-order chi connectivity index (χ1) is 7.64. The van der Waals surface area contributed by atoms with E-state index in [1.807, 2.05) is 0 Å². The Kier molecular flexibility index (Phi) is 3.99. The van der Waals surface area contributed by atoms with E-state index in [2.05, 4.69) is 20.9 Å². The van der Waals surface area contributed by atoms with E-state index in [-0.39, 0.29) is 4.47 Å². The number of rotatable bonds is 3. The highest BCUT2D eigenvalue weighted by atomic mass is 79.9. The van der Waals surface area contributed by atoms with Crippen LogP contribution in [-0.4, -0.2) is 18.3 Å². The second kappa shape index (κ2) is 4.78. The highest BCUT2D eigenvalue weighted by Gasteiger charge is 2.31. The number of halogens is 4. The van der Waals surface area contributed by atoms with Crippen LogP contribution in [-0.2, 0) is 9.05 Å². The summed E-state index contributed by atoms with van der Waals surface area (Å²) < 4.78 is 46.4. The molecule has 17 heavy (non-hydrogen) atoms. The van der Waals surface area contributed by atoms with Gasteiger partial charge in [-0.25, -0.2) is 17.2 Å². The SMILES string of the molecule is O=[N+]([O-])c1nc(C(F)F)c(Br)cc1S(=O)(=O)Cl. The number of alkyl halides is 2. The van der Waals surface area contributed by atoms with Crippen molar-refractivity contribution in [2.45, 2.75) is 11.3 Å². The molecular formula is C6H2BrClF2N2O4S. The van der Waals surface area contributed by atoms with Crippen molar-refractivity contribution in [3.63, 3.8) is 0 Å². The third-order valence-electron chi connectivity index (χ3n) is 1.59. The molecule has 1 heterocycles. The van der Waals surface area contributed by atoms with Gasteiger partial charge in [0.2, 0.25) is 5.69 Å². The van der Waals surface area contributed by atoms with Crippen LogP contribution in [0.4, 0.5) is 14.6 Å². The lowest BCUT2D eigenvalue weighted by molar-refractivity contribution is -0.392. The summed E-state index contributed by atoms with van der Waals surface area (Å²) in [6, 6.07) is 0.620. The Balaban J connectivity index is 3.65. The van der Waals surface area contributed by atoms with Crippen LogP contribution < -0.4 is 0 Å². The van der Waals surface area contributed by atoms with Gasteiger partial charge in [-0.15, -0.1) is 0 Å². The maximum atomic E-state index is 12.4. The minimum absolute atomic E-state index is 0.377. The molecule has 0 aliphatic heterocycles. The molecule has 0 spiro atoms. The van der Waals surface area contributed by atoms with Crippen LogP contribution in [0, 0.1) is 10.1 Å². The molecule has 6 nitrogen and oxygen atoms in total. The Hall–Kier alpha value is -0.870. The Morgan fingerprint density at radius 2 is 2.06 bits per heavy atom. The predicted octanol–water partition coefficient (Wildman–Crippen LogP) is 2.62. The third-order valence-corrected chi connectivity index (χ3v) is 3.55. The van der Waals surface area contributed by atoms with Crippen LogP contribution in [0.5, 0.6) is 0 Å². The van der Waals surface area contributed by atoms with Crippen molar-refractivity contribution in [1.29, 1.82) is 0 Å². The van der Waals surface area contributed by atoms with E-state index in [0.29, 0.717) is 6.07 Å². The fourth-order valence-electron chi connectivity index (χ4n) is 0.939. The van der Waals surface area contributed by atoms with E-state index >= 15 is 0 Å². The maximum absolute atomic E-state index is 12.4. The normalized spacial score (nSPS) is 11.8. The monoisotopic (exact) mass is 350 g/mol. The highest BCUT2D eigenvalue weighted by Crippen LogP contribution is 2.33. The largest absolute Gasteiger partial charge is 0.384 e. The molecule has 1 rings (SSSR count). The lowest BCUT2D eigenvalue weighted by atomic mass is 10.3. The van der Waals surface area contributed by atoms with Gasteiger partial charge in [0.05, 0.1) is 4.47 Å². The molecule has 0 radical (unpaired) electrons. The smallest absolute Gasteiger partial charge is 0.358 e. The van der Waals surface area contributed by atoms with Gasteiger partial charge in [0.1, 0.15) is 0 Å². The molecule has 0 unspecified atom stereocenters. The van der Waals surface area contributed by atoms with E-state index in [0.717, 1.165) is 0 Å². The Morgan fingerprint density at radius 3 is 2.41 bits per heavy atom. The summed E-state index contributed by atoms with van der Waals surface area (Å²) in [5, 5.41) is 10.5.